The molecule has 1 saturated heterocycles. The zero-order valence-corrected chi connectivity index (χ0v) is 18.1. The summed E-state index contributed by atoms with van der Waals surface area (Å²) in [5.74, 6) is 1.26. The van der Waals surface area contributed by atoms with Gasteiger partial charge in [-0.15, -0.1) is 0 Å². The van der Waals surface area contributed by atoms with Gasteiger partial charge in [-0.05, 0) is 45.2 Å². The van der Waals surface area contributed by atoms with Crippen molar-refractivity contribution < 1.29 is 4.79 Å². The fourth-order valence-corrected chi connectivity index (χ4v) is 4.11. The Morgan fingerprint density at radius 2 is 2.06 bits per heavy atom. The van der Waals surface area contributed by atoms with Gasteiger partial charge < -0.3 is 16.0 Å². The zero-order chi connectivity index (χ0) is 21.6. The first kappa shape index (κ1) is 21.1. The molecule has 3 heterocycles. The van der Waals surface area contributed by atoms with Crippen LogP contribution in [-0.4, -0.2) is 39.8 Å². The Morgan fingerprint density at radius 1 is 1.23 bits per heavy atom. The summed E-state index contributed by atoms with van der Waals surface area (Å²) in [5, 5.41) is 21.2. The van der Waals surface area contributed by atoms with Gasteiger partial charge in [-0.25, -0.2) is 9.78 Å². The lowest BCUT2D eigenvalue weighted by Crippen LogP contribution is -2.37. The maximum atomic E-state index is 12.4. The number of piperidine rings is 1. The number of rotatable bonds is 7. The van der Waals surface area contributed by atoms with E-state index in [9.17, 15) is 4.79 Å². The second-order valence-corrected chi connectivity index (χ2v) is 8.35. The summed E-state index contributed by atoms with van der Waals surface area (Å²) in [4.78, 5) is 16.8. The first-order valence-electron chi connectivity index (χ1n) is 11.0. The molecule has 2 aromatic heterocycles. The van der Waals surface area contributed by atoms with Crippen LogP contribution in [0.25, 0.3) is 10.9 Å². The number of amides is 2. The number of carbonyl (C=O) groups excluding carboxylic acids is 1. The average Bonchev–Trinajstić information content (AvgIpc) is 3.16. The van der Waals surface area contributed by atoms with Gasteiger partial charge in [-0.2, -0.15) is 5.10 Å². The molecule has 3 aromatic rings. The molecule has 3 atom stereocenters. The minimum absolute atomic E-state index is 0.104. The molecular weight excluding hydrogens is 390 g/mol. The van der Waals surface area contributed by atoms with Gasteiger partial charge in [0.2, 0.25) is 0 Å². The third-order valence-electron chi connectivity index (χ3n) is 5.77. The van der Waals surface area contributed by atoms with E-state index in [0.717, 1.165) is 35.2 Å². The second kappa shape index (κ2) is 9.78. The number of urea groups is 1. The molecule has 1 aromatic carbocycles. The van der Waals surface area contributed by atoms with Crippen molar-refractivity contribution in [2.24, 2.45) is 0 Å². The third-order valence-corrected chi connectivity index (χ3v) is 5.77. The minimum atomic E-state index is -0.297. The molecule has 0 spiro atoms. The number of carbonyl (C=O) groups is 1. The fourth-order valence-electron chi connectivity index (χ4n) is 4.11. The standard InChI is InChI=1S/C23H31N7O/c1-15(12-18-10-6-7-11-24-18)26-22-19-14-25-21(13-20(19)29-30-22)28-23(31)27-16(2)17-8-4-3-5-9-17/h3-5,8-9,13-16,18,24H,6-7,10-12H2,1-2H3,(H2,26,29,30)(H2,25,27,28,31). The Balaban J connectivity index is 1.35. The highest BCUT2D eigenvalue weighted by Crippen LogP contribution is 2.23. The van der Waals surface area contributed by atoms with Gasteiger partial charge in [0.15, 0.2) is 5.82 Å². The van der Waals surface area contributed by atoms with Gasteiger partial charge in [0.05, 0.1) is 16.9 Å². The number of H-pyrrole nitrogens is 1. The SMILES string of the molecule is CC(CC1CCCCN1)Nc1n[nH]c2cc(NC(=O)NC(C)c3ccccc3)ncc12. The lowest BCUT2D eigenvalue weighted by molar-refractivity contribution is 0.249. The van der Waals surface area contributed by atoms with Crippen molar-refractivity contribution in [3.63, 3.8) is 0 Å². The van der Waals surface area contributed by atoms with Crippen LogP contribution < -0.4 is 21.3 Å². The van der Waals surface area contributed by atoms with E-state index in [-0.39, 0.29) is 12.1 Å². The Morgan fingerprint density at radius 3 is 2.84 bits per heavy atom. The lowest BCUT2D eigenvalue weighted by Gasteiger charge is -2.26. The number of hydrogen-bond acceptors (Lipinski definition) is 5. The quantitative estimate of drug-likeness (QED) is 0.394. The van der Waals surface area contributed by atoms with Gasteiger partial charge >= 0.3 is 6.03 Å². The van der Waals surface area contributed by atoms with E-state index in [1.54, 1.807) is 12.3 Å². The summed E-state index contributed by atoms with van der Waals surface area (Å²) in [7, 11) is 0. The number of pyridine rings is 1. The monoisotopic (exact) mass is 421 g/mol. The smallest absolute Gasteiger partial charge is 0.320 e. The summed E-state index contributed by atoms with van der Waals surface area (Å²) in [6.45, 7) is 5.24. The van der Waals surface area contributed by atoms with Crippen LogP contribution in [0.15, 0.2) is 42.6 Å². The van der Waals surface area contributed by atoms with Crippen molar-refractivity contribution in [1.29, 1.82) is 0 Å². The maximum absolute atomic E-state index is 12.4. The third kappa shape index (κ3) is 5.52. The Kier molecular flexibility index (Phi) is 6.66. The number of anilines is 2. The number of nitrogens with zero attached hydrogens (tertiary/aromatic N) is 2. The van der Waals surface area contributed by atoms with Crippen LogP contribution >= 0.6 is 0 Å². The topological polar surface area (TPSA) is 107 Å². The predicted molar refractivity (Wildman–Crippen MR) is 124 cm³/mol. The van der Waals surface area contributed by atoms with Crippen LogP contribution in [0.2, 0.25) is 0 Å². The Bertz CT molecular complexity index is 998. The number of aromatic nitrogens is 3. The first-order chi connectivity index (χ1) is 15.1. The van der Waals surface area contributed by atoms with Crippen molar-refractivity contribution in [3.05, 3.63) is 48.2 Å². The largest absolute Gasteiger partial charge is 0.366 e. The van der Waals surface area contributed by atoms with E-state index in [0.29, 0.717) is 17.9 Å². The van der Waals surface area contributed by atoms with Crippen LogP contribution in [0.1, 0.15) is 51.1 Å². The average molecular weight is 422 g/mol. The van der Waals surface area contributed by atoms with E-state index >= 15 is 0 Å². The molecule has 1 aliphatic heterocycles. The number of aromatic amines is 1. The van der Waals surface area contributed by atoms with E-state index in [4.69, 9.17) is 0 Å². The first-order valence-corrected chi connectivity index (χ1v) is 11.0. The van der Waals surface area contributed by atoms with Crippen LogP contribution in [0, 0.1) is 0 Å². The summed E-state index contributed by atoms with van der Waals surface area (Å²) in [6, 6.07) is 12.1. The highest BCUT2D eigenvalue weighted by atomic mass is 16.2. The molecule has 2 amide bonds. The van der Waals surface area contributed by atoms with Crippen molar-refractivity contribution in [2.45, 2.75) is 57.7 Å². The molecule has 0 saturated carbocycles. The van der Waals surface area contributed by atoms with Crippen LogP contribution in [-0.2, 0) is 0 Å². The normalized spacial score (nSPS) is 18.3. The molecule has 8 heteroatoms. The van der Waals surface area contributed by atoms with Gasteiger partial charge in [0, 0.05) is 24.3 Å². The molecule has 1 fully saturated rings. The fraction of sp³-hybridized carbons (Fsp3) is 0.435. The van der Waals surface area contributed by atoms with Crippen molar-refractivity contribution in [3.8, 4) is 0 Å². The van der Waals surface area contributed by atoms with Gasteiger partial charge in [0.1, 0.15) is 5.82 Å². The molecule has 5 N–H and O–H groups in total. The lowest BCUT2D eigenvalue weighted by atomic mass is 9.99. The highest BCUT2D eigenvalue weighted by Gasteiger charge is 2.17. The molecule has 8 nitrogen and oxygen atoms in total. The van der Waals surface area contributed by atoms with Gasteiger partial charge in [-0.1, -0.05) is 36.8 Å². The number of benzene rings is 1. The van der Waals surface area contributed by atoms with Crippen LogP contribution in [0.3, 0.4) is 0 Å². The molecule has 4 rings (SSSR count). The summed E-state index contributed by atoms with van der Waals surface area (Å²) in [5.41, 5.74) is 1.87. The number of hydrogen-bond donors (Lipinski definition) is 5. The molecular formula is C23H31N7O. The molecule has 164 valence electrons. The number of nitrogens with one attached hydrogen (secondary N) is 5. The molecule has 0 aliphatic carbocycles. The Labute approximate surface area is 182 Å². The summed E-state index contributed by atoms with van der Waals surface area (Å²) < 4.78 is 0. The van der Waals surface area contributed by atoms with Gasteiger partial charge in [0.25, 0.3) is 0 Å². The molecule has 3 unspecified atom stereocenters. The molecule has 0 bridgehead atoms. The van der Waals surface area contributed by atoms with Crippen molar-refractivity contribution in [1.82, 2.24) is 25.8 Å². The van der Waals surface area contributed by atoms with E-state index < -0.39 is 0 Å². The zero-order valence-electron chi connectivity index (χ0n) is 18.1. The van der Waals surface area contributed by atoms with Crippen molar-refractivity contribution >= 4 is 28.6 Å². The predicted octanol–water partition coefficient (Wildman–Crippen LogP) is 4.17. The Hall–Kier alpha value is -3.13. The minimum Gasteiger partial charge on any atom is -0.366 e. The van der Waals surface area contributed by atoms with Gasteiger partial charge in [-0.3, -0.25) is 10.4 Å². The van der Waals surface area contributed by atoms with Crippen molar-refractivity contribution in [2.75, 3.05) is 17.2 Å². The second-order valence-electron chi connectivity index (χ2n) is 8.35. The van der Waals surface area contributed by atoms with E-state index in [1.165, 1.54) is 19.3 Å². The van der Waals surface area contributed by atoms with E-state index in [2.05, 4.69) is 43.4 Å². The highest BCUT2D eigenvalue weighted by molar-refractivity contribution is 5.94. The number of fused-ring (bicyclic) bond motifs is 1. The van der Waals surface area contributed by atoms with E-state index in [1.807, 2.05) is 37.3 Å². The maximum Gasteiger partial charge on any atom is 0.320 e. The molecule has 1 aliphatic rings. The molecule has 0 radical (unpaired) electrons. The summed E-state index contributed by atoms with van der Waals surface area (Å²) >= 11 is 0. The summed E-state index contributed by atoms with van der Waals surface area (Å²) in [6.07, 6.45) is 6.60. The van der Waals surface area contributed by atoms with Crippen LogP contribution in [0.4, 0.5) is 16.4 Å². The van der Waals surface area contributed by atoms with Crippen LogP contribution in [0.5, 0.6) is 0 Å². The molecule has 31 heavy (non-hydrogen) atoms.